The summed E-state index contributed by atoms with van der Waals surface area (Å²) in [6.07, 6.45) is 0. The fourth-order valence-electron chi connectivity index (χ4n) is 1.60. The van der Waals surface area contributed by atoms with Gasteiger partial charge in [-0.25, -0.2) is 0 Å². The third-order valence-corrected chi connectivity index (χ3v) is 2.43. The number of amides is 2. The average Bonchev–Trinajstić information content (AvgIpc) is 2.35. The van der Waals surface area contributed by atoms with Gasteiger partial charge in [0.2, 0.25) is 5.91 Å². The zero-order valence-electron chi connectivity index (χ0n) is 11.4. The summed E-state index contributed by atoms with van der Waals surface area (Å²) in [7, 11) is 0. The number of benzene rings is 1. The number of nitrogen functional groups attached to an aromatic ring is 1. The van der Waals surface area contributed by atoms with Crippen LogP contribution in [0, 0.1) is 6.92 Å². The number of rotatable bonds is 5. The number of nitrogens with one attached hydrogen (secondary N) is 3. The number of nitrogens with two attached hydrogens (primary N) is 1. The zero-order valence-corrected chi connectivity index (χ0v) is 11.4. The molecular formula is C13H20N4O2. The van der Waals surface area contributed by atoms with E-state index in [-0.39, 0.29) is 24.4 Å². The van der Waals surface area contributed by atoms with Crippen LogP contribution in [-0.4, -0.2) is 24.4 Å². The molecule has 6 nitrogen and oxygen atoms in total. The first kappa shape index (κ1) is 15.0. The summed E-state index contributed by atoms with van der Waals surface area (Å²) in [6, 6.07) is 5.32. The lowest BCUT2D eigenvalue weighted by molar-refractivity contribution is -0.120. The van der Waals surface area contributed by atoms with Crippen LogP contribution in [0.2, 0.25) is 0 Å². The van der Waals surface area contributed by atoms with Gasteiger partial charge in [-0.3, -0.25) is 15.4 Å². The number of carbonyl (C=O) groups excluding carboxylic acids is 2. The van der Waals surface area contributed by atoms with Gasteiger partial charge in [0.1, 0.15) is 0 Å². The van der Waals surface area contributed by atoms with E-state index in [9.17, 15) is 9.59 Å². The second-order valence-corrected chi connectivity index (χ2v) is 4.60. The Bertz CT molecular complexity index is 472. The topological polar surface area (TPSA) is 96.2 Å². The van der Waals surface area contributed by atoms with Crippen molar-refractivity contribution in [2.75, 3.05) is 12.0 Å². The molecule has 0 bridgehead atoms. The molecule has 0 fully saturated rings. The van der Waals surface area contributed by atoms with Gasteiger partial charge in [-0.15, -0.1) is 0 Å². The lowest BCUT2D eigenvalue weighted by atomic mass is 10.1. The number of carbonyl (C=O) groups is 2. The van der Waals surface area contributed by atoms with Gasteiger partial charge in [0.25, 0.3) is 5.91 Å². The van der Waals surface area contributed by atoms with Crippen LogP contribution >= 0.6 is 0 Å². The first-order valence-corrected chi connectivity index (χ1v) is 6.09. The Balaban J connectivity index is 2.68. The van der Waals surface area contributed by atoms with Crippen molar-refractivity contribution in [2.45, 2.75) is 26.8 Å². The zero-order chi connectivity index (χ0) is 14.4. The fraction of sp³-hybridized carbons (Fsp3) is 0.385. The minimum atomic E-state index is -0.337. The second-order valence-electron chi connectivity index (χ2n) is 4.60. The third-order valence-electron chi connectivity index (χ3n) is 2.43. The monoisotopic (exact) mass is 264 g/mol. The largest absolute Gasteiger partial charge is 0.352 e. The van der Waals surface area contributed by atoms with E-state index in [1.807, 2.05) is 26.8 Å². The van der Waals surface area contributed by atoms with E-state index >= 15 is 0 Å². The molecule has 0 aromatic heterocycles. The first-order valence-electron chi connectivity index (χ1n) is 6.09. The van der Waals surface area contributed by atoms with Crippen molar-refractivity contribution in [2.24, 2.45) is 5.84 Å². The van der Waals surface area contributed by atoms with Gasteiger partial charge in [-0.05, 0) is 32.9 Å². The quantitative estimate of drug-likeness (QED) is 0.461. The molecule has 0 aliphatic heterocycles. The third kappa shape index (κ3) is 4.59. The molecule has 0 unspecified atom stereocenters. The Morgan fingerprint density at radius 1 is 1.32 bits per heavy atom. The molecule has 0 aliphatic rings. The van der Waals surface area contributed by atoms with Crippen LogP contribution in [0.15, 0.2) is 18.2 Å². The van der Waals surface area contributed by atoms with Crippen LogP contribution < -0.4 is 21.9 Å². The summed E-state index contributed by atoms with van der Waals surface area (Å²) in [5.41, 5.74) is 4.34. The number of aryl methyl sites for hydroxylation is 1. The van der Waals surface area contributed by atoms with Crippen molar-refractivity contribution in [1.29, 1.82) is 0 Å². The van der Waals surface area contributed by atoms with Crippen molar-refractivity contribution in [3.63, 3.8) is 0 Å². The highest BCUT2D eigenvalue weighted by Gasteiger charge is 2.12. The van der Waals surface area contributed by atoms with E-state index < -0.39 is 0 Å². The van der Waals surface area contributed by atoms with E-state index in [0.29, 0.717) is 11.3 Å². The fourth-order valence-corrected chi connectivity index (χ4v) is 1.60. The van der Waals surface area contributed by atoms with Crippen molar-refractivity contribution in [3.8, 4) is 0 Å². The summed E-state index contributed by atoms with van der Waals surface area (Å²) in [5.74, 6) is 4.79. The normalized spacial score (nSPS) is 10.2. The molecule has 0 spiro atoms. The maximum Gasteiger partial charge on any atom is 0.253 e. The molecule has 0 radical (unpaired) electrons. The molecule has 0 heterocycles. The van der Waals surface area contributed by atoms with E-state index in [2.05, 4.69) is 16.1 Å². The molecule has 0 saturated heterocycles. The van der Waals surface area contributed by atoms with Crippen LogP contribution in [0.25, 0.3) is 0 Å². The molecule has 1 rings (SSSR count). The highest BCUT2D eigenvalue weighted by molar-refractivity contribution is 6.01. The maximum atomic E-state index is 12.0. The lowest BCUT2D eigenvalue weighted by Crippen LogP contribution is -2.40. The van der Waals surface area contributed by atoms with E-state index in [0.717, 1.165) is 5.56 Å². The Hall–Kier alpha value is -2.08. The van der Waals surface area contributed by atoms with E-state index in [1.165, 1.54) is 0 Å². The Labute approximate surface area is 112 Å². The Morgan fingerprint density at radius 3 is 2.58 bits per heavy atom. The minimum absolute atomic E-state index is 0.0460. The molecule has 0 saturated carbocycles. The maximum absolute atomic E-state index is 12.0. The van der Waals surface area contributed by atoms with Crippen molar-refractivity contribution in [3.05, 3.63) is 29.3 Å². The second kappa shape index (κ2) is 6.75. The van der Waals surface area contributed by atoms with Crippen molar-refractivity contribution < 1.29 is 9.59 Å². The summed E-state index contributed by atoms with van der Waals surface area (Å²) in [6.45, 7) is 5.53. The summed E-state index contributed by atoms with van der Waals surface area (Å²) >= 11 is 0. The van der Waals surface area contributed by atoms with Gasteiger partial charge in [-0.1, -0.05) is 11.6 Å². The van der Waals surface area contributed by atoms with Gasteiger partial charge in [-0.2, -0.15) is 0 Å². The molecule has 6 heteroatoms. The van der Waals surface area contributed by atoms with Crippen molar-refractivity contribution in [1.82, 2.24) is 10.6 Å². The van der Waals surface area contributed by atoms with Crippen LogP contribution in [-0.2, 0) is 4.79 Å². The molecule has 19 heavy (non-hydrogen) atoms. The molecule has 1 aromatic carbocycles. The minimum Gasteiger partial charge on any atom is -0.352 e. The van der Waals surface area contributed by atoms with Crippen molar-refractivity contribution >= 4 is 17.5 Å². The summed E-state index contributed by atoms with van der Waals surface area (Å²) < 4.78 is 0. The smallest absolute Gasteiger partial charge is 0.253 e. The SMILES string of the molecule is Cc1ccc(NN)c(C(=O)NCC(=O)NC(C)C)c1. The van der Waals surface area contributed by atoms with Crippen LogP contribution in [0.3, 0.4) is 0 Å². The number of hydrazine groups is 1. The predicted molar refractivity (Wildman–Crippen MR) is 74.6 cm³/mol. The number of hydrogen-bond acceptors (Lipinski definition) is 4. The summed E-state index contributed by atoms with van der Waals surface area (Å²) in [4.78, 5) is 23.4. The van der Waals surface area contributed by atoms with Gasteiger partial charge >= 0.3 is 0 Å². The molecular weight excluding hydrogens is 244 g/mol. The highest BCUT2D eigenvalue weighted by atomic mass is 16.2. The van der Waals surface area contributed by atoms with Gasteiger partial charge in [0, 0.05) is 6.04 Å². The predicted octanol–water partition coefficient (Wildman–Crippen LogP) is 0.535. The van der Waals surface area contributed by atoms with E-state index in [4.69, 9.17) is 5.84 Å². The first-order chi connectivity index (χ1) is 8.93. The van der Waals surface area contributed by atoms with E-state index in [1.54, 1.807) is 12.1 Å². The molecule has 0 atom stereocenters. The Kier molecular flexibility index (Phi) is 5.32. The van der Waals surface area contributed by atoms with Crippen LogP contribution in [0.4, 0.5) is 5.69 Å². The molecule has 1 aromatic rings. The molecule has 2 amide bonds. The molecule has 5 N–H and O–H groups in total. The Morgan fingerprint density at radius 2 is 2.00 bits per heavy atom. The summed E-state index contributed by atoms with van der Waals surface area (Å²) in [5, 5.41) is 5.26. The standard InChI is InChI=1S/C13H20N4O2/c1-8(2)16-12(18)7-15-13(19)10-6-9(3)4-5-11(10)17-14/h4-6,8,17H,7,14H2,1-3H3,(H,15,19)(H,16,18). The van der Waals surface area contributed by atoms with Crippen LogP contribution in [0.5, 0.6) is 0 Å². The van der Waals surface area contributed by atoms with Gasteiger partial charge in [0.05, 0.1) is 17.8 Å². The van der Waals surface area contributed by atoms with Gasteiger partial charge in [0.15, 0.2) is 0 Å². The van der Waals surface area contributed by atoms with Gasteiger partial charge < -0.3 is 16.1 Å². The highest BCUT2D eigenvalue weighted by Crippen LogP contribution is 2.15. The molecule has 104 valence electrons. The molecule has 0 aliphatic carbocycles. The number of hydrogen-bond donors (Lipinski definition) is 4. The average molecular weight is 264 g/mol. The number of anilines is 1. The lowest BCUT2D eigenvalue weighted by Gasteiger charge is -2.12. The van der Waals surface area contributed by atoms with Crippen LogP contribution in [0.1, 0.15) is 29.8 Å².